The Kier molecular flexibility index (Phi) is 20.1. The summed E-state index contributed by atoms with van der Waals surface area (Å²) in [6.07, 6.45) is 23.6. The number of carbonyl (C=O) groups is 2. The summed E-state index contributed by atoms with van der Waals surface area (Å²) in [6.45, 7) is 6.55. The minimum absolute atomic E-state index is 0.285. The summed E-state index contributed by atoms with van der Waals surface area (Å²) in [5.41, 5.74) is 5.57. The van der Waals surface area contributed by atoms with E-state index in [0.717, 1.165) is 32.1 Å². The lowest BCUT2D eigenvalue weighted by Gasteiger charge is -2.31. The molecular weight excluding hydrogens is 398 g/mol. The molecular formula is C28H55NO3. The van der Waals surface area contributed by atoms with Crippen LogP contribution in [0.1, 0.15) is 156 Å². The molecule has 0 spiro atoms. The first-order valence-corrected chi connectivity index (χ1v) is 13.8. The average molecular weight is 454 g/mol. The summed E-state index contributed by atoms with van der Waals surface area (Å²) in [6, 6.07) is -0.880. The van der Waals surface area contributed by atoms with Crippen molar-refractivity contribution in [2.24, 2.45) is 11.1 Å². The molecule has 0 aromatic heterocycles. The van der Waals surface area contributed by atoms with E-state index >= 15 is 0 Å². The molecule has 1 unspecified atom stereocenters. The molecule has 0 aliphatic carbocycles. The predicted octanol–water partition coefficient (Wildman–Crippen LogP) is 8.21. The molecule has 0 aromatic rings. The summed E-state index contributed by atoms with van der Waals surface area (Å²) in [5.74, 6) is -0.675. The molecule has 0 aromatic carbocycles. The van der Waals surface area contributed by atoms with E-state index in [0.29, 0.717) is 19.3 Å². The Morgan fingerprint density at radius 2 is 1.12 bits per heavy atom. The van der Waals surface area contributed by atoms with E-state index < -0.39 is 12.0 Å². The lowest BCUT2D eigenvalue weighted by molar-refractivity contribution is -0.139. The standard InChI is InChI=1S/C28H55NO3/c1-4-6-8-10-12-14-15-17-19-21-25(30)23-28(3,24-26(29)27(31)32)22-20-18-16-13-11-9-7-5-2/h26H,4-24,29H2,1-3H3,(H,31,32)/t26-,28?/m0/s1. The zero-order chi connectivity index (χ0) is 24.1. The van der Waals surface area contributed by atoms with Crippen LogP contribution in [0.2, 0.25) is 0 Å². The van der Waals surface area contributed by atoms with E-state index in [9.17, 15) is 14.7 Å². The number of rotatable bonds is 24. The van der Waals surface area contributed by atoms with Gasteiger partial charge in [0.2, 0.25) is 0 Å². The first kappa shape index (κ1) is 31.1. The number of aliphatic carboxylic acids is 1. The van der Waals surface area contributed by atoms with Gasteiger partial charge in [0, 0.05) is 12.8 Å². The van der Waals surface area contributed by atoms with E-state index in [1.54, 1.807) is 0 Å². The maximum Gasteiger partial charge on any atom is 0.320 e. The fourth-order valence-corrected chi connectivity index (χ4v) is 4.76. The summed E-state index contributed by atoms with van der Waals surface area (Å²) in [7, 11) is 0. The highest BCUT2D eigenvalue weighted by atomic mass is 16.4. The number of hydrogen-bond acceptors (Lipinski definition) is 3. The van der Waals surface area contributed by atoms with Crippen LogP contribution in [0.5, 0.6) is 0 Å². The summed E-state index contributed by atoms with van der Waals surface area (Å²) in [5, 5.41) is 9.27. The van der Waals surface area contributed by atoms with Crippen molar-refractivity contribution in [3.63, 3.8) is 0 Å². The van der Waals surface area contributed by atoms with Gasteiger partial charge in [-0.1, -0.05) is 124 Å². The number of ketones is 1. The van der Waals surface area contributed by atoms with Gasteiger partial charge in [-0.2, -0.15) is 0 Å². The largest absolute Gasteiger partial charge is 0.480 e. The lowest BCUT2D eigenvalue weighted by Crippen LogP contribution is -2.37. The number of unbranched alkanes of at least 4 members (excludes halogenated alkanes) is 15. The van der Waals surface area contributed by atoms with Gasteiger partial charge >= 0.3 is 5.97 Å². The Morgan fingerprint density at radius 1 is 0.719 bits per heavy atom. The third kappa shape index (κ3) is 18.7. The zero-order valence-corrected chi connectivity index (χ0v) is 21.8. The Labute approximate surface area is 199 Å². The van der Waals surface area contributed by atoms with Crippen molar-refractivity contribution in [3.8, 4) is 0 Å². The molecule has 0 fully saturated rings. The fourth-order valence-electron chi connectivity index (χ4n) is 4.76. The second-order valence-corrected chi connectivity index (χ2v) is 10.5. The number of hydrogen-bond donors (Lipinski definition) is 2. The Hall–Kier alpha value is -0.900. The summed E-state index contributed by atoms with van der Waals surface area (Å²) >= 11 is 0. The van der Waals surface area contributed by atoms with Crippen molar-refractivity contribution >= 4 is 11.8 Å². The van der Waals surface area contributed by atoms with E-state index in [1.165, 1.54) is 83.5 Å². The molecule has 3 N–H and O–H groups in total. The van der Waals surface area contributed by atoms with Gasteiger partial charge in [0.1, 0.15) is 11.8 Å². The highest BCUT2D eigenvalue weighted by Crippen LogP contribution is 2.35. The number of carbonyl (C=O) groups excluding carboxylic acids is 1. The van der Waals surface area contributed by atoms with Crippen LogP contribution in [0, 0.1) is 5.41 Å². The summed E-state index contributed by atoms with van der Waals surface area (Å²) < 4.78 is 0. The Balaban J connectivity index is 4.22. The molecule has 0 radical (unpaired) electrons. The van der Waals surface area contributed by atoms with Crippen LogP contribution >= 0.6 is 0 Å². The number of Topliss-reactive ketones (excluding diaryl/α,β-unsaturated/α-hetero) is 1. The van der Waals surface area contributed by atoms with Crippen LogP contribution in [-0.2, 0) is 9.59 Å². The van der Waals surface area contributed by atoms with Crippen molar-refractivity contribution < 1.29 is 14.7 Å². The van der Waals surface area contributed by atoms with Crippen molar-refractivity contribution in [2.75, 3.05) is 0 Å². The molecule has 0 heterocycles. The molecule has 4 heteroatoms. The highest BCUT2D eigenvalue weighted by Gasteiger charge is 2.31. The Bertz CT molecular complexity index is 466. The fraction of sp³-hybridized carbons (Fsp3) is 0.929. The monoisotopic (exact) mass is 453 g/mol. The maximum absolute atomic E-state index is 12.7. The third-order valence-corrected chi connectivity index (χ3v) is 6.85. The average Bonchev–Trinajstić information content (AvgIpc) is 2.74. The van der Waals surface area contributed by atoms with Crippen LogP contribution in [0.25, 0.3) is 0 Å². The first-order chi connectivity index (χ1) is 15.3. The molecule has 0 saturated heterocycles. The van der Waals surface area contributed by atoms with Crippen molar-refractivity contribution in [2.45, 2.75) is 162 Å². The van der Waals surface area contributed by atoms with Crippen molar-refractivity contribution in [1.29, 1.82) is 0 Å². The van der Waals surface area contributed by atoms with Crippen LogP contribution in [0.3, 0.4) is 0 Å². The first-order valence-electron chi connectivity index (χ1n) is 13.8. The highest BCUT2D eigenvalue weighted by molar-refractivity contribution is 5.79. The number of carboxylic acids is 1. The van der Waals surface area contributed by atoms with Gasteiger partial charge in [-0.3, -0.25) is 9.59 Å². The maximum atomic E-state index is 12.7. The van der Waals surface area contributed by atoms with Gasteiger partial charge in [0.15, 0.2) is 0 Å². The van der Waals surface area contributed by atoms with Crippen LogP contribution in [0.15, 0.2) is 0 Å². The molecule has 32 heavy (non-hydrogen) atoms. The minimum Gasteiger partial charge on any atom is -0.480 e. The van der Waals surface area contributed by atoms with Crippen LogP contribution < -0.4 is 5.73 Å². The molecule has 4 nitrogen and oxygen atoms in total. The van der Waals surface area contributed by atoms with Crippen LogP contribution in [-0.4, -0.2) is 22.9 Å². The van der Waals surface area contributed by atoms with Gasteiger partial charge in [0.05, 0.1) is 0 Å². The van der Waals surface area contributed by atoms with Gasteiger partial charge in [0.25, 0.3) is 0 Å². The lowest BCUT2D eigenvalue weighted by atomic mass is 9.74. The van der Waals surface area contributed by atoms with E-state index in [4.69, 9.17) is 5.73 Å². The third-order valence-electron chi connectivity index (χ3n) is 6.85. The molecule has 0 amide bonds. The topological polar surface area (TPSA) is 80.4 Å². The predicted molar refractivity (Wildman–Crippen MR) is 137 cm³/mol. The number of carboxylic acid groups (broad SMARTS) is 1. The van der Waals surface area contributed by atoms with Crippen molar-refractivity contribution in [1.82, 2.24) is 0 Å². The second kappa shape index (κ2) is 20.7. The zero-order valence-electron chi connectivity index (χ0n) is 21.8. The molecule has 0 aliphatic rings. The molecule has 0 bridgehead atoms. The van der Waals surface area contributed by atoms with E-state index in [-0.39, 0.29) is 11.2 Å². The normalized spacial score (nSPS) is 14.2. The summed E-state index contributed by atoms with van der Waals surface area (Å²) in [4.78, 5) is 24.0. The SMILES string of the molecule is CCCCCCCCCCCC(=O)CC(C)(CCCCCCCCCC)C[C@H](N)C(=O)O. The molecule has 0 rings (SSSR count). The van der Waals surface area contributed by atoms with Crippen molar-refractivity contribution in [3.05, 3.63) is 0 Å². The van der Waals surface area contributed by atoms with Gasteiger partial charge in [-0.25, -0.2) is 0 Å². The molecule has 190 valence electrons. The smallest absolute Gasteiger partial charge is 0.320 e. The van der Waals surface area contributed by atoms with Crippen LogP contribution in [0.4, 0.5) is 0 Å². The molecule has 2 atom stereocenters. The van der Waals surface area contributed by atoms with E-state index in [1.807, 2.05) is 0 Å². The number of nitrogens with two attached hydrogens (primary N) is 1. The van der Waals surface area contributed by atoms with E-state index in [2.05, 4.69) is 20.8 Å². The van der Waals surface area contributed by atoms with Gasteiger partial charge < -0.3 is 10.8 Å². The minimum atomic E-state index is -0.960. The molecule has 0 aliphatic heterocycles. The molecule has 0 saturated carbocycles. The quantitative estimate of drug-likeness (QED) is 0.144. The van der Waals surface area contributed by atoms with Gasteiger partial charge in [-0.05, 0) is 24.7 Å². The Morgan fingerprint density at radius 3 is 1.56 bits per heavy atom. The second-order valence-electron chi connectivity index (χ2n) is 10.5. The van der Waals surface area contributed by atoms with Gasteiger partial charge in [-0.15, -0.1) is 0 Å².